The van der Waals surface area contributed by atoms with Gasteiger partial charge in [-0.15, -0.1) is 11.6 Å². The Kier molecular flexibility index (Phi) is 5.84. The second-order valence-electron chi connectivity index (χ2n) is 3.77. The number of benzene rings is 1. The van der Waals surface area contributed by atoms with Gasteiger partial charge in [-0.1, -0.05) is 12.1 Å². The van der Waals surface area contributed by atoms with Crippen LogP contribution in [0.3, 0.4) is 0 Å². The molecule has 0 atom stereocenters. The van der Waals surface area contributed by atoms with E-state index in [-0.39, 0.29) is 5.91 Å². The third-order valence-electron chi connectivity index (χ3n) is 2.36. The van der Waals surface area contributed by atoms with Crippen LogP contribution in [0, 0.1) is 0 Å². The van der Waals surface area contributed by atoms with Gasteiger partial charge in [-0.05, 0) is 24.6 Å². The highest BCUT2D eigenvalue weighted by Crippen LogP contribution is 2.14. The van der Waals surface area contributed by atoms with E-state index in [1.54, 1.807) is 11.9 Å². The molecule has 0 N–H and O–H groups in total. The Morgan fingerprint density at radius 3 is 2.88 bits per heavy atom. The molecule has 94 valence electrons. The molecule has 0 unspecified atom stereocenters. The Morgan fingerprint density at radius 1 is 1.47 bits per heavy atom. The number of carbonyl (C=O) groups excluding carboxylic acids is 1. The van der Waals surface area contributed by atoms with Crippen LogP contribution in [0.25, 0.3) is 0 Å². The lowest BCUT2D eigenvalue weighted by Crippen LogP contribution is -2.26. The van der Waals surface area contributed by atoms with Gasteiger partial charge in [-0.2, -0.15) is 0 Å². The molecule has 3 nitrogen and oxygen atoms in total. The predicted molar refractivity (Wildman–Crippen MR) is 69.4 cm³/mol. The van der Waals surface area contributed by atoms with Crippen LogP contribution < -0.4 is 4.74 Å². The molecule has 0 bridgehead atoms. The molecule has 0 aromatic heterocycles. The van der Waals surface area contributed by atoms with E-state index in [2.05, 4.69) is 0 Å². The number of hydrogen-bond donors (Lipinski definition) is 0. The third kappa shape index (κ3) is 4.65. The number of hydrogen-bond acceptors (Lipinski definition) is 2. The van der Waals surface area contributed by atoms with E-state index in [0.29, 0.717) is 25.5 Å². The molecule has 0 radical (unpaired) electrons. The average Bonchev–Trinajstić information content (AvgIpc) is 2.30. The Hall–Kier alpha value is -1.22. The number of carbonyl (C=O) groups is 1. The van der Waals surface area contributed by atoms with Crippen molar-refractivity contribution in [3.8, 4) is 5.75 Å². The van der Waals surface area contributed by atoms with E-state index in [1.165, 1.54) is 0 Å². The van der Waals surface area contributed by atoms with Crippen molar-refractivity contribution in [3.05, 3.63) is 29.8 Å². The van der Waals surface area contributed by atoms with E-state index >= 15 is 0 Å². The Morgan fingerprint density at radius 2 is 2.24 bits per heavy atom. The number of halogens is 1. The lowest BCUT2D eigenvalue weighted by molar-refractivity contribution is -0.129. The minimum absolute atomic E-state index is 0.0572. The van der Waals surface area contributed by atoms with E-state index in [1.807, 2.05) is 31.2 Å². The van der Waals surface area contributed by atoms with Crippen molar-refractivity contribution in [2.75, 3.05) is 19.5 Å². The lowest BCUT2D eigenvalue weighted by atomic mass is 10.2. The van der Waals surface area contributed by atoms with Crippen LogP contribution in [0.4, 0.5) is 0 Å². The molecule has 17 heavy (non-hydrogen) atoms. The highest BCUT2D eigenvalue weighted by Gasteiger charge is 2.08. The van der Waals surface area contributed by atoms with Crippen molar-refractivity contribution in [1.82, 2.24) is 4.90 Å². The van der Waals surface area contributed by atoms with Gasteiger partial charge in [0.1, 0.15) is 5.75 Å². The molecule has 0 saturated heterocycles. The highest BCUT2D eigenvalue weighted by atomic mass is 35.5. The number of rotatable bonds is 6. The Balaban J connectivity index is 2.61. The summed E-state index contributed by atoms with van der Waals surface area (Å²) in [5, 5.41) is 0. The molecular weight excluding hydrogens is 238 g/mol. The molecular formula is C13H18ClNO2. The molecule has 0 aliphatic carbocycles. The van der Waals surface area contributed by atoms with E-state index < -0.39 is 0 Å². The molecule has 0 saturated carbocycles. The summed E-state index contributed by atoms with van der Waals surface area (Å²) in [6, 6.07) is 7.77. The first-order valence-corrected chi connectivity index (χ1v) is 6.22. The molecule has 0 aliphatic rings. The average molecular weight is 256 g/mol. The maximum Gasteiger partial charge on any atom is 0.223 e. The van der Waals surface area contributed by atoms with Crippen LogP contribution in [0.1, 0.15) is 18.9 Å². The molecule has 1 aromatic carbocycles. The fourth-order valence-corrected chi connectivity index (χ4v) is 1.70. The van der Waals surface area contributed by atoms with Gasteiger partial charge in [-0.3, -0.25) is 4.79 Å². The van der Waals surface area contributed by atoms with Crippen LogP contribution in [0.5, 0.6) is 5.75 Å². The van der Waals surface area contributed by atoms with E-state index in [9.17, 15) is 4.79 Å². The minimum Gasteiger partial charge on any atom is -0.494 e. The molecule has 4 heteroatoms. The smallest absolute Gasteiger partial charge is 0.223 e. The van der Waals surface area contributed by atoms with Gasteiger partial charge in [0.15, 0.2) is 0 Å². The summed E-state index contributed by atoms with van der Waals surface area (Å²) in [6.07, 6.45) is 0.378. The van der Waals surface area contributed by atoms with Gasteiger partial charge in [0.05, 0.1) is 6.61 Å². The standard InChI is InChI=1S/C13H18ClNO2/c1-3-17-12-6-4-5-11(9-12)10-15(2)13(16)7-8-14/h4-6,9H,3,7-8,10H2,1-2H3. The molecule has 1 aromatic rings. The summed E-state index contributed by atoms with van der Waals surface area (Å²) in [7, 11) is 1.78. The molecule has 0 heterocycles. The highest BCUT2D eigenvalue weighted by molar-refractivity contribution is 6.18. The maximum absolute atomic E-state index is 11.6. The number of ether oxygens (including phenoxy) is 1. The van der Waals surface area contributed by atoms with Gasteiger partial charge >= 0.3 is 0 Å². The lowest BCUT2D eigenvalue weighted by Gasteiger charge is -2.17. The van der Waals surface area contributed by atoms with Gasteiger partial charge in [0, 0.05) is 25.9 Å². The van der Waals surface area contributed by atoms with Crippen molar-refractivity contribution in [1.29, 1.82) is 0 Å². The monoisotopic (exact) mass is 255 g/mol. The fraction of sp³-hybridized carbons (Fsp3) is 0.462. The largest absolute Gasteiger partial charge is 0.494 e. The van der Waals surface area contributed by atoms with Gasteiger partial charge < -0.3 is 9.64 Å². The first kappa shape index (κ1) is 13.8. The number of alkyl halides is 1. The zero-order valence-corrected chi connectivity index (χ0v) is 11.0. The van der Waals surface area contributed by atoms with Crippen LogP contribution in [-0.4, -0.2) is 30.3 Å². The van der Waals surface area contributed by atoms with Crippen LogP contribution in [-0.2, 0) is 11.3 Å². The van der Waals surface area contributed by atoms with E-state index in [0.717, 1.165) is 11.3 Å². The van der Waals surface area contributed by atoms with Gasteiger partial charge in [0.25, 0.3) is 0 Å². The van der Waals surface area contributed by atoms with Crippen LogP contribution in [0.15, 0.2) is 24.3 Å². The van der Waals surface area contributed by atoms with Gasteiger partial charge in [-0.25, -0.2) is 0 Å². The summed E-state index contributed by atoms with van der Waals surface area (Å²) >= 11 is 5.54. The SMILES string of the molecule is CCOc1cccc(CN(C)C(=O)CCCl)c1. The number of amides is 1. The summed E-state index contributed by atoms with van der Waals surface area (Å²) in [4.78, 5) is 13.2. The molecule has 1 amide bonds. The zero-order valence-electron chi connectivity index (χ0n) is 10.3. The Bertz CT molecular complexity index is 368. The van der Waals surface area contributed by atoms with Gasteiger partial charge in [0.2, 0.25) is 5.91 Å². The Labute approximate surface area is 107 Å². The van der Waals surface area contributed by atoms with Crippen LogP contribution >= 0.6 is 11.6 Å². The first-order valence-electron chi connectivity index (χ1n) is 5.69. The second kappa shape index (κ2) is 7.17. The maximum atomic E-state index is 11.6. The summed E-state index contributed by atoms with van der Waals surface area (Å²) in [5.41, 5.74) is 1.06. The molecule has 0 fully saturated rings. The number of nitrogens with zero attached hydrogens (tertiary/aromatic N) is 1. The first-order chi connectivity index (χ1) is 8.17. The van der Waals surface area contributed by atoms with Crippen molar-refractivity contribution >= 4 is 17.5 Å². The topological polar surface area (TPSA) is 29.5 Å². The zero-order chi connectivity index (χ0) is 12.7. The van der Waals surface area contributed by atoms with Crippen molar-refractivity contribution in [2.24, 2.45) is 0 Å². The fourth-order valence-electron chi connectivity index (χ4n) is 1.53. The quantitative estimate of drug-likeness (QED) is 0.732. The molecule has 0 aliphatic heterocycles. The predicted octanol–water partition coefficient (Wildman–Crippen LogP) is 2.67. The summed E-state index contributed by atoms with van der Waals surface area (Å²) in [6.45, 7) is 3.17. The third-order valence-corrected chi connectivity index (χ3v) is 2.55. The second-order valence-corrected chi connectivity index (χ2v) is 4.15. The normalized spacial score (nSPS) is 10.1. The van der Waals surface area contributed by atoms with E-state index in [4.69, 9.17) is 16.3 Å². The summed E-state index contributed by atoms with van der Waals surface area (Å²) in [5.74, 6) is 1.26. The van der Waals surface area contributed by atoms with Crippen molar-refractivity contribution in [2.45, 2.75) is 19.9 Å². The van der Waals surface area contributed by atoms with Crippen molar-refractivity contribution < 1.29 is 9.53 Å². The van der Waals surface area contributed by atoms with Crippen molar-refractivity contribution in [3.63, 3.8) is 0 Å². The molecule has 1 rings (SSSR count). The van der Waals surface area contributed by atoms with Crippen LogP contribution in [0.2, 0.25) is 0 Å². The summed E-state index contributed by atoms with van der Waals surface area (Å²) < 4.78 is 5.41. The minimum atomic E-state index is 0.0572. The molecule has 0 spiro atoms.